The third-order valence-electron chi connectivity index (χ3n) is 4.37. The summed E-state index contributed by atoms with van der Waals surface area (Å²) in [7, 11) is 0. The van der Waals surface area contributed by atoms with Crippen LogP contribution < -0.4 is 5.32 Å². The second kappa shape index (κ2) is 4.43. The Labute approximate surface area is 103 Å². The molecule has 0 aromatic heterocycles. The minimum Gasteiger partial charge on any atom is -0.384 e. The van der Waals surface area contributed by atoms with Gasteiger partial charge in [-0.3, -0.25) is 0 Å². The van der Waals surface area contributed by atoms with Crippen molar-refractivity contribution in [2.45, 2.75) is 43.6 Å². The Kier molecular flexibility index (Phi) is 2.93. The lowest BCUT2D eigenvalue weighted by Crippen LogP contribution is -2.44. The van der Waals surface area contributed by atoms with Gasteiger partial charge in [-0.05, 0) is 49.3 Å². The first kappa shape index (κ1) is 11.2. The fraction of sp³-hybridized carbons (Fsp3) is 0.600. The van der Waals surface area contributed by atoms with Gasteiger partial charge in [0, 0.05) is 6.54 Å². The van der Waals surface area contributed by atoms with Crippen LogP contribution in [0.15, 0.2) is 24.3 Å². The van der Waals surface area contributed by atoms with Gasteiger partial charge in [0.2, 0.25) is 0 Å². The largest absolute Gasteiger partial charge is 0.384 e. The van der Waals surface area contributed by atoms with Crippen molar-refractivity contribution in [1.29, 1.82) is 0 Å². The maximum atomic E-state index is 10.8. The highest BCUT2D eigenvalue weighted by Gasteiger charge is 2.35. The Balaban J connectivity index is 1.95. The van der Waals surface area contributed by atoms with Gasteiger partial charge in [0.15, 0.2) is 0 Å². The molecule has 1 saturated heterocycles. The van der Waals surface area contributed by atoms with Crippen LogP contribution in [-0.2, 0) is 5.60 Å². The Morgan fingerprint density at radius 1 is 1.18 bits per heavy atom. The molecule has 1 atom stereocenters. The molecule has 2 heteroatoms. The second-order valence-corrected chi connectivity index (χ2v) is 5.53. The third kappa shape index (κ3) is 2.00. The average Bonchev–Trinajstić information content (AvgIpc) is 2.28. The van der Waals surface area contributed by atoms with E-state index in [9.17, 15) is 5.11 Å². The van der Waals surface area contributed by atoms with Crippen LogP contribution in [0.25, 0.3) is 0 Å². The molecule has 17 heavy (non-hydrogen) atoms. The molecule has 1 heterocycles. The first-order chi connectivity index (χ1) is 8.30. The fourth-order valence-electron chi connectivity index (χ4n) is 3.12. The smallest absolute Gasteiger partial charge is 0.102 e. The molecule has 2 N–H and O–H groups in total. The van der Waals surface area contributed by atoms with E-state index in [2.05, 4.69) is 29.6 Å². The van der Waals surface area contributed by atoms with Gasteiger partial charge in [-0.1, -0.05) is 30.7 Å². The predicted octanol–water partition coefficient (Wildman–Crippen LogP) is 2.53. The van der Waals surface area contributed by atoms with Crippen LogP contribution in [-0.4, -0.2) is 18.2 Å². The fourth-order valence-corrected chi connectivity index (χ4v) is 3.12. The molecular formula is C15H21NO. The summed E-state index contributed by atoms with van der Waals surface area (Å²) in [5.74, 6) is 0.692. The molecule has 3 rings (SSSR count). The Morgan fingerprint density at radius 2 is 2.00 bits per heavy atom. The molecule has 2 aliphatic rings. The van der Waals surface area contributed by atoms with Gasteiger partial charge in [-0.15, -0.1) is 0 Å². The number of aliphatic hydroxyl groups is 1. The van der Waals surface area contributed by atoms with Gasteiger partial charge in [0.05, 0.1) is 0 Å². The molecule has 0 bridgehead atoms. The predicted molar refractivity (Wildman–Crippen MR) is 69.0 cm³/mol. The van der Waals surface area contributed by atoms with E-state index >= 15 is 0 Å². The number of hydrogen-bond donors (Lipinski definition) is 2. The van der Waals surface area contributed by atoms with Gasteiger partial charge in [0.25, 0.3) is 0 Å². The Bertz CT molecular complexity index is 392. The van der Waals surface area contributed by atoms with E-state index < -0.39 is 5.60 Å². The Hall–Kier alpha value is -0.860. The highest BCUT2D eigenvalue weighted by atomic mass is 16.3. The maximum Gasteiger partial charge on any atom is 0.102 e. The molecule has 0 amide bonds. The summed E-state index contributed by atoms with van der Waals surface area (Å²) < 4.78 is 0. The van der Waals surface area contributed by atoms with Crippen molar-refractivity contribution in [3.8, 4) is 0 Å². The van der Waals surface area contributed by atoms with Gasteiger partial charge in [0.1, 0.15) is 5.60 Å². The molecule has 0 radical (unpaired) electrons. The lowest BCUT2D eigenvalue weighted by Gasteiger charge is -2.37. The monoisotopic (exact) mass is 231 g/mol. The van der Waals surface area contributed by atoms with E-state index in [1.54, 1.807) is 0 Å². The molecule has 1 unspecified atom stereocenters. The molecule has 1 aromatic rings. The quantitative estimate of drug-likeness (QED) is 0.819. The lowest BCUT2D eigenvalue weighted by molar-refractivity contribution is 0.0108. The van der Waals surface area contributed by atoms with Gasteiger partial charge in [-0.2, -0.15) is 0 Å². The van der Waals surface area contributed by atoms with E-state index in [1.165, 1.54) is 30.4 Å². The normalized spacial score (nSPS) is 29.9. The molecule has 2 fully saturated rings. The van der Waals surface area contributed by atoms with Crippen LogP contribution in [0.2, 0.25) is 0 Å². The number of benzene rings is 1. The summed E-state index contributed by atoms with van der Waals surface area (Å²) in [6.45, 7) is 1.74. The van der Waals surface area contributed by atoms with Crippen LogP contribution in [0.3, 0.4) is 0 Å². The number of β-amino-alcohol motifs (C(OH)–C–C–N with tert-alkyl or cyclic N) is 1. The topological polar surface area (TPSA) is 32.3 Å². The summed E-state index contributed by atoms with van der Waals surface area (Å²) in [5, 5.41) is 14.2. The summed E-state index contributed by atoms with van der Waals surface area (Å²) in [4.78, 5) is 0. The summed E-state index contributed by atoms with van der Waals surface area (Å²) >= 11 is 0. The van der Waals surface area contributed by atoms with E-state index in [0.29, 0.717) is 12.5 Å². The number of piperidine rings is 1. The maximum absolute atomic E-state index is 10.8. The van der Waals surface area contributed by atoms with Crippen molar-refractivity contribution in [3.05, 3.63) is 35.4 Å². The van der Waals surface area contributed by atoms with Crippen LogP contribution in [0, 0.1) is 0 Å². The zero-order valence-corrected chi connectivity index (χ0v) is 10.3. The molecule has 0 spiro atoms. The van der Waals surface area contributed by atoms with Crippen molar-refractivity contribution in [2.24, 2.45) is 0 Å². The Morgan fingerprint density at radius 3 is 2.65 bits per heavy atom. The highest BCUT2D eigenvalue weighted by molar-refractivity contribution is 5.36. The number of rotatable bonds is 2. The summed E-state index contributed by atoms with van der Waals surface area (Å²) in [6.07, 6.45) is 5.88. The number of nitrogens with one attached hydrogen (secondary N) is 1. The van der Waals surface area contributed by atoms with E-state index in [1.807, 2.05) is 0 Å². The van der Waals surface area contributed by atoms with Crippen LogP contribution in [0.4, 0.5) is 0 Å². The first-order valence-corrected chi connectivity index (χ1v) is 6.82. The van der Waals surface area contributed by atoms with Crippen molar-refractivity contribution in [2.75, 3.05) is 13.1 Å². The minimum atomic E-state index is -0.634. The zero-order chi connectivity index (χ0) is 11.7. The minimum absolute atomic E-state index is 0.634. The second-order valence-electron chi connectivity index (χ2n) is 5.53. The lowest BCUT2D eigenvalue weighted by atomic mass is 9.74. The van der Waals surface area contributed by atoms with Gasteiger partial charge in [-0.25, -0.2) is 0 Å². The molecule has 1 aliphatic carbocycles. The van der Waals surface area contributed by atoms with E-state index in [4.69, 9.17) is 0 Å². The third-order valence-corrected chi connectivity index (χ3v) is 4.37. The standard InChI is InChI=1S/C15H21NO/c17-15(9-4-10-16-11-15)14-8-2-1-7-13(14)12-5-3-6-12/h1-2,7-8,12,16-17H,3-6,9-11H2. The SMILES string of the molecule is OC1(c2ccccc2C2CCC2)CCCNC1. The van der Waals surface area contributed by atoms with Crippen LogP contribution >= 0.6 is 0 Å². The molecule has 1 saturated carbocycles. The van der Waals surface area contributed by atoms with E-state index in [0.717, 1.165) is 19.4 Å². The van der Waals surface area contributed by atoms with Crippen molar-refractivity contribution < 1.29 is 5.11 Å². The van der Waals surface area contributed by atoms with Gasteiger partial charge < -0.3 is 10.4 Å². The van der Waals surface area contributed by atoms with Crippen molar-refractivity contribution in [3.63, 3.8) is 0 Å². The molecule has 1 aromatic carbocycles. The average molecular weight is 231 g/mol. The van der Waals surface area contributed by atoms with Gasteiger partial charge >= 0.3 is 0 Å². The van der Waals surface area contributed by atoms with Crippen LogP contribution in [0.5, 0.6) is 0 Å². The highest BCUT2D eigenvalue weighted by Crippen LogP contribution is 2.42. The molecule has 1 aliphatic heterocycles. The van der Waals surface area contributed by atoms with Crippen molar-refractivity contribution >= 4 is 0 Å². The molecular weight excluding hydrogens is 210 g/mol. The summed E-state index contributed by atoms with van der Waals surface area (Å²) in [6, 6.07) is 8.51. The molecule has 92 valence electrons. The molecule has 2 nitrogen and oxygen atoms in total. The van der Waals surface area contributed by atoms with E-state index in [-0.39, 0.29) is 0 Å². The number of hydrogen-bond acceptors (Lipinski definition) is 2. The summed E-state index contributed by atoms with van der Waals surface area (Å²) in [5.41, 5.74) is 1.94. The first-order valence-electron chi connectivity index (χ1n) is 6.82. The zero-order valence-electron chi connectivity index (χ0n) is 10.3. The van der Waals surface area contributed by atoms with Crippen molar-refractivity contribution in [1.82, 2.24) is 5.32 Å². The van der Waals surface area contributed by atoms with Crippen LogP contribution in [0.1, 0.15) is 49.1 Å².